The second-order valence-electron chi connectivity index (χ2n) is 4.03. The van der Waals surface area contributed by atoms with Crippen LogP contribution in [-0.2, 0) is 20.7 Å². The van der Waals surface area contributed by atoms with Crippen molar-refractivity contribution in [2.45, 2.75) is 13.3 Å². The Hall–Kier alpha value is -2.48. The minimum Gasteiger partial charge on any atom is -0.457 e. The Morgan fingerprint density at radius 1 is 1.37 bits per heavy atom. The van der Waals surface area contributed by atoms with Gasteiger partial charge in [-0.15, -0.1) is 0 Å². The number of nitrogens with one attached hydrogen (secondary N) is 1. The van der Waals surface area contributed by atoms with Crippen LogP contribution in [0, 0.1) is 22.7 Å². The van der Waals surface area contributed by atoms with Gasteiger partial charge in [-0.05, 0) is 12.5 Å². The number of ether oxygens (including phenoxy) is 1. The molecular weight excluding hydrogens is 244 g/mol. The van der Waals surface area contributed by atoms with Crippen molar-refractivity contribution in [2.24, 2.45) is 5.92 Å². The zero-order valence-electron chi connectivity index (χ0n) is 10.6. The molecule has 0 aromatic heterocycles. The van der Waals surface area contributed by atoms with Crippen LogP contribution in [0.3, 0.4) is 0 Å². The molecule has 1 aromatic rings. The van der Waals surface area contributed by atoms with Gasteiger partial charge in [0.15, 0.2) is 12.4 Å². The normalized spacial score (nSPS) is 11.2. The predicted octanol–water partition coefficient (Wildman–Crippen LogP) is 1.52. The predicted molar refractivity (Wildman–Crippen MR) is 68.6 cm³/mol. The van der Waals surface area contributed by atoms with Gasteiger partial charge in [0.25, 0.3) is 0 Å². The molecule has 0 fully saturated rings. The number of ketones is 1. The van der Waals surface area contributed by atoms with Gasteiger partial charge in [-0.2, -0.15) is 5.26 Å². The van der Waals surface area contributed by atoms with Gasteiger partial charge in [-0.1, -0.05) is 30.3 Å². The third-order valence-corrected chi connectivity index (χ3v) is 2.45. The number of hydrogen-bond acceptors (Lipinski definition) is 5. The van der Waals surface area contributed by atoms with Crippen molar-refractivity contribution < 1.29 is 14.3 Å². The maximum atomic E-state index is 11.5. The highest BCUT2D eigenvalue weighted by molar-refractivity contribution is 6.06. The van der Waals surface area contributed by atoms with Crippen molar-refractivity contribution >= 4 is 17.5 Å². The standard InChI is InChI=1S/C14H14N2O3/c1-10(16)12(8-15)13(17)9-19-14(18)7-11-5-3-2-4-6-11/h2-6,12,16H,7,9H2,1H3. The van der Waals surface area contributed by atoms with E-state index in [9.17, 15) is 9.59 Å². The van der Waals surface area contributed by atoms with Crippen LogP contribution < -0.4 is 0 Å². The first-order chi connectivity index (χ1) is 9.04. The average Bonchev–Trinajstić information content (AvgIpc) is 2.38. The summed E-state index contributed by atoms with van der Waals surface area (Å²) in [5.41, 5.74) is 0.742. The van der Waals surface area contributed by atoms with Crippen molar-refractivity contribution in [2.75, 3.05) is 6.61 Å². The smallest absolute Gasteiger partial charge is 0.310 e. The van der Waals surface area contributed by atoms with Crippen LogP contribution in [0.4, 0.5) is 0 Å². The molecule has 1 aromatic carbocycles. The number of nitriles is 1. The van der Waals surface area contributed by atoms with Crippen molar-refractivity contribution in [1.82, 2.24) is 0 Å². The van der Waals surface area contributed by atoms with Gasteiger partial charge in [0, 0.05) is 5.71 Å². The highest BCUT2D eigenvalue weighted by Gasteiger charge is 2.21. The van der Waals surface area contributed by atoms with Crippen LogP contribution in [0.15, 0.2) is 30.3 Å². The summed E-state index contributed by atoms with van der Waals surface area (Å²) in [6.07, 6.45) is 0.0783. The fraction of sp³-hybridized carbons (Fsp3) is 0.286. The quantitative estimate of drug-likeness (QED) is 0.618. The second kappa shape index (κ2) is 7.07. The Labute approximate surface area is 111 Å². The van der Waals surface area contributed by atoms with Crippen molar-refractivity contribution in [3.05, 3.63) is 35.9 Å². The van der Waals surface area contributed by atoms with E-state index in [0.29, 0.717) is 0 Å². The van der Waals surface area contributed by atoms with E-state index in [0.717, 1.165) is 5.56 Å². The SMILES string of the molecule is CC(=N)C(C#N)C(=O)COC(=O)Cc1ccccc1. The number of carbonyl (C=O) groups is 2. The van der Waals surface area contributed by atoms with E-state index in [4.69, 9.17) is 15.4 Å². The number of rotatable bonds is 6. The molecule has 5 nitrogen and oxygen atoms in total. The lowest BCUT2D eigenvalue weighted by atomic mass is 10.0. The van der Waals surface area contributed by atoms with Gasteiger partial charge in [0.2, 0.25) is 0 Å². The van der Waals surface area contributed by atoms with E-state index >= 15 is 0 Å². The molecule has 0 bridgehead atoms. The minimum atomic E-state index is -1.13. The lowest BCUT2D eigenvalue weighted by Gasteiger charge is -2.07. The summed E-state index contributed by atoms with van der Waals surface area (Å²) in [7, 11) is 0. The van der Waals surface area contributed by atoms with Crippen LogP contribution >= 0.6 is 0 Å². The van der Waals surface area contributed by atoms with Crippen molar-refractivity contribution in [1.29, 1.82) is 10.7 Å². The van der Waals surface area contributed by atoms with Crippen LogP contribution in [0.5, 0.6) is 0 Å². The van der Waals surface area contributed by atoms with Gasteiger partial charge in [0.05, 0.1) is 12.5 Å². The highest BCUT2D eigenvalue weighted by atomic mass is 16.5. The van der Waals surface area contributed by atoms with Crippen LogP contribution in [0.1, 0.15) is 12.5 Å². The Morgan fingerprint density at radius 3 is 2.53 bits per heavy atom. The molecule has 0 heterocycles. The number of benzene rings is 1. The maximum absolute atomic E-state index is 11.5. The molecular formula is C14H14N2O3. The lowest BCUT2D eigenvalue weighted by molar-refractivity contribution is -0.147. The lowest BCUT2D eigenvalue weighted by Crippen LogP contribution is -2.25. The zero-order chi connectivity index (χ0) is 14.3. The summed E-state index contributed by atoms with van der Waals surface area (Å²) in [5.74, 6) is -2.24. The molecule has 19 heavy (non-hydrogen) atoms. The number of esters is 1. The van der Waals surface area contributed by atoms with Crippen molar-refractivity contribution in [3.63, 3.8) is 0 Å². The first-order valence-corrected chi connectivity index (χ1v) is 5.71. The molecule has 1 rings (SSSR count). The van der Waals surface area contributed by atoms with Gasteiger partial charge >= 0.3 is 5.97 Å². The second-order valence-corrected chi connectivity index (χ2v) is 4.03. The van der Waals surface area contributed by atoms with Gasteiger partial charge in [-0.25, -0.2) is 0 Å². The number of hydrogen-bond donors (Lipinski definition) is 1. The molecule has 5 heteroatoms. The van der Waals surface area contributed by atoms with E-state index in [1.807, 2.05) is 6.07 Å². The number of nitrogens with zero attached hydrogens (tertiary/aromatic N) is 1. The average molecular weight is 258 g/mol. The highest BCUT2D eigenvalue weighted by Crippen LogP contribution is 2.03. The molecule has 1 N–H and O–H groups in total. The molecule has 0 aliphatic carbocycles. The molecule has 0 aliphatic heterocycles. The van der Waals surface area contributed by atoms with Crippen LogP contribution in [0.25, 0.3) is 0 Å². The maximum Gasteiger partial charge on any atom is 0.310 e. The molecule has 1 atom stereocenters. The fourth-order valence-electron chi connectivity index (χ4n) is 1.46. The summed E-state index contributed by atoms with van der Waals surface area (Å²) in [4.78, 5) is 23.0. The monoisotopic (exact) mass is 258 g/mol. The van der Waals surface area contributed by atoms with Crippen molar-refractivity contribution in [3.8, 4) is 6.07 Å². The first kappa shape index (κ1) is 14.6. The van der Waals surface area contributed by atoms with E-state index < -0.39 is 24.3 Å². The topological polar surface area (TPSA) is 91.0 Å². The molecule has 0 aliphatic rings. The summed E-state index contributed by atoms with van der Waals surface area (Å²) in [6.45, 7) is 0.900. The molecule has 0 saturated heterocycles. The summed E-state index contributed by atoms with van der Waals surface area (Å²) in [5, 5.41) is 16.0. The fourth-order valence-corrected chi connectivity index (χ4v) is 1.46. The third kappa shape index (κ3) is 4.72. The summed E-state index contributed by atoms with van der Waals surface area (Å²) < 4.78 is 4.80. The van der Waals surface area contributed by atoms with E-state index in [-0.39, 0.29) is 12.1 Å². The molecule has 0 amide bonds. The molecule has 0 saturated carbocycles. The van der Waals surface area contributed by atoms with Gasteiger partial charge in [-0.3, -0.25) is 9.59 Å². The zero-order valence-corrected chi connectivity index (χ0v) is 10.6. The summed E-state index contributed by atoms with van der Waals surface area (Å²) >= 11 is 0. The Kier molecular flexibility index (Phi) is 5.42. The Balaban J connectivity index is 2.45. The molecule has 98 valence electrons. The molecule has 0 spiro atoms. The first-order valence-electron chi connectivity index (χ1n) is 5.71. The molecule has 1 unspecified atom stereocenters. The van der Waals surface area contributed by atoms with Gasteiger partial charge < -0.3 is 10.1 Å². The van der Waals surface area contributed by atoms with E-state index in [1.165, 1.54) is 6.92 Å². The number of carbonyl (C=O) groups excluding carboxylic acids is 2. The van der Waals surface area contributed by atoms with Gasteiger partial charge in [0.1, 0.15) is 5.92 Å². The van der Waals surface area contributed by atoms with E-state index in [1.54, 1.807) is 30.3 Å². The molecule has 0 radical (unpaired) electrons. The Morgan fingerprint density at radius 2 is 2.00 bits per heavy atom. The van der Waals surface area contributed by atoms with Crippen LogP contribution in [0.2, 0.25) is 0 Å². The van der Waals surface area contributed by atoms with E-state index in [2.05, 4.69) is 0 Å². The van der Waals surface area contributed by atoms with Crippen LogP contribution in [-0.4, -0.2) is 24.1 Å². The third-order valence-electron chi connectivity index (χ3n) is 2.45. The number of Topliss-reactive ketones (excluding diaryl/α,β-unsaturated/α-hetero) is 1. The minimum absolute atomic E-state index is 0.0494. The summed E-state index contributed by atoms with van der Waals surface area (Å²) in [6, 6.07) is 10.7. The largest absolute Gasteiger partial charge is 0.457 e. The Bertz CT molecular complexity index is 517.